The van der Waals surface area contributed by atoms with Crippen molar-refractivity contribution in [1.29, 1.82) is 0 Å². The van der Waals surface area contributed by atoms with E-state index in [1.165, 1.54) is 0 Å². The minimum absolute atomic E-state index is 0.0813. The number of hydrogen-bond donors (Lipinski definition) is 1. The van der Waals surface area contributed by atoms with Gasteiger partial charge in [0, 0.05) is 37.9 Å². The molecule has 0 radical (unpaired) electrons. The molecule has 0 aliphatic carbocycles. The lowest BCUT2D eigenvalue weighted by Crippen LogP contribution is -2.32. The fraction of sp³-hybridized carbons (Fsp3) is 0.263. The van der Waals surface area contributed by atoms with Crippen LogP contribution < -0.4 is 5.56 Å². The maximum absolute atomic E-state index is 12.7. The van der Waals surface area contributed by atoms with Crippen molar-refractivity contribution in [2.45, 2.75) is 26.1 Å². The Balaban J connectivity index is 1.51. The minimum Gasteiger partial charge on any atom is -0.299 e. The maximum atomic E-state index is 12.7. The Bertz CT molecular complexity index is 915. The van der Waals surface area contributed by atoms with Crippen molar-refractivity contribution in [3.05, 3.63) is 86.6 Å². The molecule has 3 aromatic rings. The maximum Gasteiger partial charge on any atom is 0.271 e. The molecule has 0 unspecified atom stereocenters. The molecule has 0 bridgehead atoms. The van der Waals surface area contributed by atoms with Crippen LogP contribution in [0.1, 0.15) is 22.4 Å². The second kappa shape index (κ2) is 6.86. The number of hydrogen-bond acceptors (Lipinski definition) is 3. The summed E-state index contributed by atoms with van der Waals surface area (Å²) in [6, 6.07) is 13.8. The summed E-state index contributed by atoms with van der Waals surface area (Å²) in [7, 11) is 0. The molecule has 0 saturated heterocycles. The van der Waals surface area contributed by atoms with Crippen LogP contribution >= 0.6 is 11.6 Å². The van der Waals surface area contributed by atoms with Crippen molar-refractivity contribution >= 4 is 11.6 Å². The first kappa shape index (κ1) is 16.1. The lowest BCUT2D eigenvalue weighted by atomic mass is 10.1. The highest BCUT2D eigenvalue weighted by atomic mass is 35.5. The lowest BCUT2D eigenvalue weighted by molar-refractivity contribution is 0.244. The van der Waals surface area contributed by atoms with Crippen LogP contribution in [-0.4, -0.2) is 26.2 Å². The Morgan fingerprint density at radius 2 is 1.92 bits per heavy atom. The zero-order valence-electron chi connectivity index (χ0n) is 13.8. The molecule has 0 amide bonds. The van der Waals surface area contributed by atoms with Gasteiger partial charge in [0.25, 0.3) is 5.56 Å². The number of nitrogens with one attached hydrogen (secondary N) is 1. The topological polar surface area (TPSA) is 53.9 Å². The van der Waals surface area contributed by atoms with Gasteiger partial charge >= 0.3 is 0 Å². The van der Waals surface area contributed by atoms with E-state index in [0.29, 0.717) is 18.2 Å². The molecule has 0 saturated carbocycles. The van der Waals surface area contributed by atoms with Gasteiger partial charge in [-0.3, -0.25) is 14.8 Å². The predicted octanol–water partition coefficient (Wildman–Crippen LogP) is 2.83. The first-order chi connectivity index (χ1) is 12.2. The molecule has 2 aromatic heterocycles. The molecular formula is C19H19ClN4O. The SMILES string of the molecule is O=c1c2c([nH]n1Cc1ccccc1)CCN(Cc1ccc(Cl)nc1)C2. The Morgan fingerprint density at radius 3 is 2.68 bits per heavy atom. The third kappa shape index (κ3) is 3.52. The van der Waals surface area contributed by atoms with E-state index in [-0.39, 0.29) is 5.56 Å². The van der Waals surface area contributed by atoms with Crippen molar-refractivity contribution in [2.75, 3.05) is 6.54 Å². The fourth-order valence-electron chi connectivity index (χ4n) is 3.29. The van der Waals surface area contributed by atoms with Gasteiger partial charge in [-0.2, -0.15) is 0 Å². The van der Waals surface area contributed by atoms with Crippen LogP contribution in [0.5, 0.6) is 0 Å². The molecule has 1 aromatic carbocycles. The first-order valence-corrected chi connectivity index (χ1v) is 8.74. The molecule has 5 nitrogen and oxygen atoms in total. The van der Waals surface area contributed by atoms with Gasteiger partial charge in [-0.25, -0.2) is 9.67 Å². The van der Waals surface area contributed by atoms with Crippen molar-refractivity contribution in [2.24, 2.45) is 0 Å². The summed E-state index contributed by atoms with van der Waals surface area (Å²) in [5.41, 5.74) is 4.24. The second-order valence-electron chi connectivity index (χ2n) is 6.40. The molecule has 4 rings (SSSR count). The van der Waals surface area contributed by atoms with Gasteiger partial charge in [0.05, 0.1) is 12.1 Å². The number of halogens is 1. The molecule has 25 heavy (non-hydrogen) atoms. The average Bonchev–Trinajstić information content (AvgIpc) is 2.94. The van der Waals surface area contributed by atoms with E-state index in [1.54, 1.807) is 16.9 Å². The molecule has 0 spiro atoms. The number of H-pyrrole nitrogens is 1. The molecule has 1 N–H and O–H groups in total. The number of aromatic amines is 1. The van der Waals surface area contributed by atoms with Crippen molar-refractivity contribution < 1.29 is 0 Å². The van der Waals surface area contributed by atoms with Crippen molar-refractivity contribution in [3.8, 4) is 0 Å². The third-order valence-electron chi connectivity index (χ3n) is 4.58. The van der Waals surface area contributed by atoms with E-state index < -0.39 is 0 Å². The van der Waals surface area contributed by atoms with Crippen LogP contribution in [0.15, 0.2) is 53.5 Å². The first-order valence-electron chi connectivity index (χ1n) is 8.36. The van der Waals surface area contributed by atoms with E-state index >= 15 is 0 Å². The van der Waals surface area contributed by atoms with Crippen LogP contribution in [0.25, 0.3) is 0 Å². The molecule has 0 atom stereocenters. The smallest absolute Gasteiger partial charge is 0.271 e. The zero-order chi connectivity index (χ0) is 17.2. The summed E-state index contributed by atoms with van der Waals surface area (Å²) < 4.78 is 1.72. The number of rotatable bonds is 4. The fourth-order valence-corrected chi connectivity index (χ4v) is 3.40. The van der Waals surface area contributed by atoms with E-state index in [0.717, 1.165) is 41.9 Å². The Kier molecular flexibility index (Phi) is 4.42. The number of benzene rings is 1. The summed E-state index contributed by atoms with van der Waals surface area (Å²) in [4.78, 5) is 19.1. The Hall–Kier alpha value is -2.37. The summed E-state index contributed by atoms with van der Waals surface area (Å²) >= 11 is 5.84. The molecular weight excluding hydrogens is 336 g/mol. The normalized spacial score (nSPS) is 14.4. The number of pyridine rings is 1. The molecule has 1 aliphatic rings. The predicted molar refractivity (Wildman–Crippen MR) is 97.7 cm³/mol. The van der Waals surface area contributed by atoms with E-state index in [1.807, 2.05) is 36.4 Å². The van der Waals surface area contributed by atoms with E-state index in [4.69, 9.17) is 11.6 Å². The lowest BCUT2D eigenvalue weighted by Gasteiger charge is -2.25. The molecule has 0 fully saturated rings. The summed E-state index contributed by atoms with van der Waals surface area (Å²) in [5.74, 6) is 0. The van der Waals surface area contributed by atoms with Gasteiger partial charge in [-0.15, -0.1) is 0 Å². The zero-order valence-corrected chi connectivity index (χ0v) is 14.5. The van der Waals surface area contributed by atoms with Gasteiger partial charge in [0.1, 0.15) is 5.15 Å². The highest BCUT2D eigenvalue weighted by Gasteiger charge is 2.22. The van der Waals surface area contributed by atoms with Crippen molar-refractivity contribution in [3.63, 3.8) is 0 Å². The Labute approximate surface area is 150 Å². The molecule has 6 heteroatoms. The summed E-state index contributed by atoms with van der Waals surface area (Å²) in [6.07, 6.45) is 2.65. The molecule has 128 valence electrons. The summed E-state index contributed by atoms with van der Waals surface area (Å²) in [6.45, 7) is 2.93. The van der Waals surface area contributed by atoms with Gasteiger partial charge in [-0.05, 0) is 17.2 Å². The standard InChI is InChI=1S/C19H19ClN4O/c20-18-7-6-15(10-21-18)11-23-9-8-17-16(13-23)19(25)24(22-17)12-14-4-2-1-3-5-14/h1-7,10,22H,8-9,11-13H2. The van der Waals surface area contributed by atoms with Crippen LogP contribution in [-0.2, 0) is 26.1 Å². The van der Waals surface area contributed by atoms with Gasteiger partial charge in [-0.1, -0.05) is 48.0 Å². The monoisotopic (exact) mass is 354 g/mol. The quantitative estimate of drug-likeness (QED) is 0.733. The largest absolute Gasteiger partial charge is 0.299 e. The third-order valence-corrected chi connectivity index (χ3v) is 4.80. The van der Waals surface area contributed by atoms with Crippen LogP contribution in [0.3, 0.4) is 0 Å². The van der Waals surface area contributed by atoms with E-state index in [2.05, 4.69) is 15.0 Å². The Morgan fingerprint density at radius 1 is 1.08 bits per heavy atom. The number of nitrogens with zero attached hydrogens (tertiary/aromatic N) is 3. The number of fused-ring (bicyclic) bond motifs is 1. The van der Waals surface area contributed by atoms with Crippen LogP contribution in [0, 0.1) is 0 Å². The second-order valence-corrected chi connectivity index (χ2v) is 6.78. The summed E-state index contributed by atoms with van der Waals surface area (Å²) in [5, 5.41) is 3.79. The van der Waals surface area contributed by atoms with Gasteiger partial charge < -0.3 is 0 Å². The van der Waals surface area contributed by atoms with Crippen LogP contribution in [0.4, 0.5) is 0 Å². The minimum atomic E-state index is 0.0813. The van der Waals surface area contributed by atoms with Crippen LogP contribution in [0.2, 0.25) is 5.15 Å². The number of aromatic nitrogens is 3. The highest BCUT2D eigenvalue weighted by Crippen LogP contribution is 2.17. The average molecular weight is 355 g/mol. The van der Waals surface area contributed by atoms with Gasteiger partial charge in [0.15, 0.2) is 0 Å². The molecule has 1 aliphatic heterocycles. The van der Waals surface area contributed by atoms with E-state index in [9.17, 15) is 4.79 Å². The highest BCUT2D eigenvalue weighted by molar-refractivity contribution is 6.29. The van der Waals surface area contributed by atoms with Crippen molar-refractivity contribution in [1.82, 2.24) is 19.7 Å². The van der Waals surface area contributed by atoms with Gasteiger partial charge in [0.2, 0.25) is 0 Å². The molecule has 3 heterocycles.